The number of guanidine groups is 1. The fraction of sp³-hybridized carbons (Fsp3) is 0.176. The molecule has 6 heteroatoms. The number of nitrogens with zero attached hydrogens (tertiary/aromatic N) is 3. The third-order valence-electron chi connectivity index (χ3n) is 3.84. The van der Waals surface area contributed by atoms with Gasteiger partial charge in [0.1, 0.15) is 5.75 Å². The lowest BCUT2D eigenvalue weighted by molar-refractivity contribution is 0.333. The molecule has 3 N–H and O–H groups in total. The summed E-state index contributed by atoms with van der Waals surface area (Å²) < 4.78 is 7.81. The van der Waals surface area contributed by atoms with Crippen LogP contribution in [0.1, 0.15) is 18.7 Å². The number of aliphatic imine (C=N–C) groups is 1. The molecule has 4 rings (SSSR count). The Bertz CT molecular complexity index is 899. The zero-order valence-electron chi connectivity index (χ0n) is 12.7. The fourth-order valence-electron chi connectivity index (χ4n) is 2.91. The van der Waals surface area contributed by atoms with Gasteiger partial charge in [-0.3, -0.25) is 9.88 Å². The van der Waals surface area contributed by atoms with Crippen molar-refractivity contribution >= 4 is 22.9 Å². The maximum absolute atomic E-state index is 5.97. The lowest BCUT2D eigenvalue weighted by atomic mass is 10.1. The normalized spacial score (nSPS) is 16.6. The summed E-state index contributed by atoms with van der Waals surface area (Å²) in [6.45, 7) is 2.56. The van der Waals surface area contributed by atoms with E-state index in [2.05, 4.69) is 15.3 Å². The zero-order valence-corrected chi connectivity index (χ0v) is 12.7. The number of ether oxygens (including phenoxy) is 1. The molecule has 6 nitrogen and oxygen atoms in total. The van der Waals surface area contributed by atoms with Crippen molar-refractivity contribution in [3.63, 3.8) is 0 Å². The van der Waals surface area contributed by atoms with Gasteiger partial charge in [-0.05, 0) is 25.1 Å². The van der Waals surface area contributed by atoms with Gasteiger partial charge in [0.15, 0.2) is 12.1 Å². The third kappa shape index (κ3) is 2.19. The van der Waals surface area contributed by atoms with Crippen LogP contribution in [0.3, 0.4) is 0 Å². The molecular formula is C17H17N5O. The highest BCUT2D eigenvalue weighted by Crippen LogP contribution is 2.36. The molecule has 1 aliphatic heterocycles. The lowest BCUT2D eigenvalue weighted by Crippen LogP contribution is -2.31. The monoisotopic (exact) mass is 307 g/mol. The largest absolute Gasteiger partial charge is 0.493 e. The second-order valence-corrected chi connectivity index (χ2v) is 5.28. The highest BCUT2D eigenvalue weighted by Gasteiger charge is 2.26. The average Bonchev–Trinajstić information content (AvgIpc) is 2.93. The second-order valence-electron chi connectivity index (χ2n) is 5.28. The molecule has 0 saturated heterocycles. The molecule has 0 spiro atoms. The van der Waals surface area contributed by atoms with Crippen molar-refractivity contribution in [2.45, 2.75) is 13.1 Å². The molecule has 0 bridgehead atoms. The number of nitrogens with one attached hydrogen (secondary N) is 1. The van der Waals surface area contributed by atoms with Gasteiger partial charge in [-0.15, -0.1) is 0 Å². The van der Waals surface area contributed by atoms with Gasteiger partial charge in [-0.25, -0.2) is 9.98 Å². The number of rotatable bonds is 3. The minimum absolute atomic E-state index is 0.304. The smallest absolute Gasteiger partial charge is 0.212 e. The summed E-state index contributed by atoms with van der Waals surface area (Å²) in [5, 5.41) is 3.04. The van der Waals surface area contributed by atoms with Crippen LogP contribution in [0.4, 0.5) is 5.95 Å². The number of para-hydroxylation sites is 3. The average molecular weight is 307 g/mol. The van der Waals surface area contributed by atoms with Crippen molar-refractivity contribution in [3.05, 3.63) is 54.1 Å². The standard InChI is InChI=1S/C17H17N5O/c1-2-23-14-10-6-3-7-11(14)15-20-16(18)21-17-19-12-8-4-5-9-13(12)22(15)17/h3-10,15H,2H2,1H3,(H3,18,19,20,21)/t15-/m0/s1. The number of nitrogens with two attached hydrogens (primary N) is 1. The van der Waals surface area contributed by atoms with Crippen molar-refractivity contribution in [2.75, 3.05) is 11.9 Å². The van der Waals surface area contributed by atoms with Gasteiger partial charge in [0.2, 0.25) is 5.95 Å². The molecule has 23 heavy (non-hydrogen) atoms. The first-order valence-corrected chi connectivity index (χ1v) is 7.57. The van der Waals surface area contributed by atoms with Gasteiger partial charge >= 0.3 is 0 Å². The molecule has 1 atom stereocenters. The van der Waals surface area contributed by atoms with E-state index in [4.69, 9.17) is 10.5 Å². The molecule has 0 aliphatic carbocycles. The van der Waals surface area contributed by atoms with Gasteiger partial charge in [-0.1, -0.05) is 30.3 Å². The van der Waals surface area contributed by atoms with E-state index < -0.39 is 0 Å². The molecule has 2 aromatic carbocycles. The van der Waals surface area contributed by atoms with Gasteiger partial charge < -0.3 is 10.5 Å². The van der Waals surface area contributed by atoms with Crippen LogP contribution in [-0.2, 0) is 0 Å². The van der Waals surface area contributed by atoms with Crippen molar-refractivity contribution in [3.8, 4) is 5.75 Å². The Labute approximate surface area is 133 Å². The van der Waals surface area contributed by atoms with Gasteiger partial charge in [-0.2, -0.15) is 0 Å². The molecule has 0 amide bonds. The predicted octanol–water partition coefficient (Wildman–Crippen LogP) is 2.72. The molecule has 2 heterocycles. The third-order valence-corrected chi connectivity index (χ3v) is 3.84. The first-order valence-electron chi connectivity index (χ1n) is 7.57. The summed E-state index contributed by atoms with van der Waals surface area (Å²) in [4.78, 5) is 9.19. The minimum atomic E-state index is -0.304. The van der Waals surface area contributed by atoms with Crippen LogP contribution in [0, 0.1) is 0 Å². The maximum Gasteiger partial charge on any atom is 0.212 e. The van der Waals surface area contributed by atoms with E-state index in [0.717, 1.165) is 22.3 Å². The van der Waals surface area contributed by atoms with E-state index in [1.807, 2.05) is 60.0 Å². The van der Waals surface area contributed by atoms with Crippen LogP contribution in [0.2, 0.25) is 0 Å². The van der Waals surface area contributed by atoms with E-state index in [9.17, 15) is 0 Å². The van der Waals surface area contributed by atoms with Crippen LogP contribution in [-0.4, -0.2) is 22.1 Å². The maximum atomic E-state index is 5.97. The molecule has 0 radical (unpaired) electrons. The van der Waals surface area contributed by atoms with Gasteiger partial charge in [0, 0.05) is 5.56 Å². The number of hydrogen-bond donors (Lipinski definition) is 2. The first-order chi connectivity index (χ1) is 11.3. The van der Waals surface area contributed by atoms with E-state index in [-0.39, 0.29) is 6.17 Å². The Morgan fingerprint density at radius 2 is 1.96 bits per heavy atom. The summed E-state index contributed by atoms with van der Waals surface area (Å²) in [5.74, 6) is 1.85. The SMILES string of the molecule is CCOc1ccccc1[C@H]1N=C(N)Nc2nc3ccccc3n21. The molecule has 1 aromatic heterocycles. The van der Waals surface area contributed by atoms with Gasteiger partial charge in [0.05, 0.1) is 17.6 Å². The highest BCUT2D eigenvalue weighted by atomic mass is 16.5. The van der Waals surface area contributed by atoms with Crippen molar-refractivity contribution < 1.29 is 4.74 Å². The summed E-state index contributed by atoms with van der Waals surface area (Å²) in [7, 11) is 0. The Balaban J connectivity index is 1.94. The van der Waals surface area contributed by atoms with E-state index >= 15 is 0 Å². The van der Waals surface area contributed by atoms with E-state index in [1.165, 1.54) is 0 Å². The van der Waals surface area contributed by atoms with Gasteiger partial charge in [0.25, 0.3) is 0 Å². The molecule has 0 saturated carbocycles. The quantitative estimate of drug-likeness (QED) is 0.780. The van der Waals surface area contributed by atoms with Crippen molar-refractivity contribution in [1.29, 1.82) is 0 Å². The molecule has 0 unspecified atom stereocenters. The second kappa shape index (κ2) is 5.31. The summed E-state index contributed by atoms with van der Waals surface area (Å²) >= 11 is 0. The molecule has 3 aromatic rings. The predicted molar refractivity (Wildman–Crippen MR) is 90.7 cm³/mol. The molecule has 116 valence electrons. The van der Waals surface area contributed by atoms with Crippen molar-refractivity contribution in [1.82, 2.24) is 9.55 Å². The number of hydrogen-bond acceptors (Lipinski definition) is 5. The zero-order chi connectivity index (χ0) is 15.8. The first kappa shape index (κ1) is 13.6. The van der Waals surface area contributed by atoms with Crippen LogP contribution < -0.4 is 15.8 Å². The Morgan fingerprint density at radius 1 is 1.17 bits per heavy atom. The number of imidazole rings is 1. The highest BCUT2D eigenvalue weighted by molar-refractivity contribution is 5.94. The van der Waals surface area contributed by atoms with E-state index in [0.29, 0.717) is 18.5 Å². The van der Waals surface area contributed by atoms with Crippen LogP contribution in [0.25, 0.3) is 11.0 Å². The topological polar surface area (TPSA) is 77.5 Å². The van der Waals surface area contributed by atoms with Crippen molar-refractivity contribution in [2.24, 2.45) is 10.7 Å². The Hall–Kier alpha value is -3.02. The summed E-state index contributed by atoms with van der Waals surface area (Å²) in [5.41, 5.74) is 8.83. The fourth-order valence-corrected chi connectivity index (χ4v) is 2.91. The Kier molecular flexibility index (Phi) is 3.15. The number of aromatic nitrogens is 2. The summed E-state index contributed by atoms with van der Waals surface area (Å²) in [6.07, 6.45) is -0.304. The molecule has 0 fully saturated rings. The molecule has 1 aliphatic rings. The number of fused-ring (bicyclic) bond motifs is 3. The number of benzene rings is 2. The minimum Gasteiger partial charge on any atom is -0.493 e. The van der Waals surface area contributed by atoms with Crippen LogP contribution >= 0.6 is 0 Å². The Morgan fingerprint density at radius 3 is 2.83 bits per heavy atom. The molecular weight excluding hydrogens is 290 g/mol. The van der Waals surface area contributed by atoms with E-state index in [1.54, 1.807) is 0 Å². The van der Waals surface area contributed by atoms with Crippen LogP contribution in [0.5, 0.6) is 5.75 Å². The lowest BCUT2D eigenvalue weighted by Gasteiger charge is -2.25. The van der Waals surface area contributed by atoms with Crippen LogP contribution in [0.15, 0.2) is 53.5 Å². The number of anilines is 1. The summed E-state index contributed by atoms with van der Waals surface area (Å²) in [6, 6.07) is 15.9.